The Hall–Kier alpha value is -1.00. The van der Waals surface area contributed by atoms with Crippen LogP contribution in [0.15, 0.2) is 57.0 Å². The summed E-state index contributed by atoms with van der Waals surface area (Å²) >= 11 is 5.00. The number of aromatic nitrogens is 1. The fourth-order valence-electron chi connectivity index (χ4n) is 1.10. The molecule has 1 aromatic heterocycles. The molecule has 0 saturated carbocycles. The quantitative estimate of drug-likeness (QED) is 0.914. The number of nitrogen functional groups attached to an aromatic ring is 1. The summed E-state index contributed by atoms with van der Waals surface area (Å²) in [5.41, 5.74) is 6.42. The molecule has 0 atom stereocenters. The zero-order valence-electron chi connectivity index (χ0n) is 7.85. The minimum Gasteiger partial charge on any atom is -0.399 e. The van der Waals surface area contributed by atoms with Crippen LogP contribution in [0.2, 0.25) is 0 Å². The van der Waals surface area contributed by atoms with Crippen molar-refractivity contribution in [2.45, 2.75) is 9.92 Å². The number of hydrogen-bond donors (Lipinski definition) is 1. The van der Waals surface area contributed by atoms with Gasteiger partial charge in [-0.3, -0.25) is 0 Å². The van der Waals surface area contributed by atoms with E-state index >= 15 is 0 Å². The smallest absolute Gasteiger partial charge is 0.103 e. The van der Waals surface area contributed by atoms with Crippen molar-refractivity contribution in [2.75, 3.05) is 5.73 Å². The number of rotatable bonds is 2. The van der Waals surface area contributed by atoms with Crippen molar-refractivity contribution in [2.24, 2.45) is 0 Å². The van der Waals surface area contributed by atoms with Crippen molar-refractivity contribution in [3.63, 3.8) is 0 Å². The molecular weight excluding hydrogens is 272 g/mol. The summed E-state index contributed by atoms with van der Waals surface area (Å²) < 4.78 is 1.08. The number of halogens is 1. The number of pyridine rings is 1. The Labute approximate surface area is 101 Å². The maximum atomic E-state index is 5.68. The van der Waals surface area contributed by atoms with E-state index in [2.05, 4.69) is 20.9 Å². The molecule has 0 amide bonds. The first-order valence-electron chi connectivity index (χ1n) is 4.39. The van der Waals surface area contributed by atoms with E-state index < -0.39 is 0 Å². The normalized spacial score (nSPS) is 10.2. The Balaban J connectivity index is 2.18. The number of benzene rings is 1. The second-order valence-corrected chi connectivity index (χ2v) is 4.99. The van der Waals surface area contributed by atoms with E-state index in [1.807, 2.05) is 30.3 Å². The summed E-state index contributed by atoms with van der Waals surface area (Å²) in [5.74, 6) is 0. The van der Waals surface area contributed by atoms with Crippen molar-refractivity contribution >= 4 is 33.4 Å². The van der Waals surface area contributed by atoms with Gasteiger partial charge in [0.25, 0.3) is 0 Å². The van der Waals surface area contributed by atoms with E-state index in [1.165, 1.54) is 0 Å². The topological polar surface area (TPSA) is 38.9 Å². The highest BCUT2D eigenvalue weighted by atomic mass is 79.9. The van der Waals surface area contributed by atoms with E-state index in [0.717, 1.165) is 20.1 Å². The molecule has 0 aliphatic carbocycles. The molecule has 0 aliphatic rings. The highest BCUT2D eigenvalue weighted by Gasteiger charge is 1.98. The highest BCUT2D eigenvalue weighted by Crippen LogP contribution is 2.27. The van der Waals surface area contributed by atoms with Crippen LogP contribution in [0.25, 0.3) is 0 Å². The lowest BCUT2D eigenvalue weighted by molar-refractivity contribution is 1.13. The van der Waals surface area contributed by atoms with Gasteiger partial charge in [-0.25, -0.2) is 4.98 Å². The number of hydrogen-bond acceptors (Lipinski definition) is 3. The molecule has 0 radical (unpaired) electrons. The average Bonchev–Trinajstić information content (AvgIpc) is 2.22. The molecule has 76 valence electrons. The van der Waals surface area contributed by atoms with Crippen LogP contribution in [-0.4, -0.2) is 4.98 Å². The highest BCUT2D eigenvalue weighted by molar-refractivity contribution is 9.10. The summed E-state index contributed by atoms with van der Waals surface area (Å²) in [6, 6.07) is 11.8. The Kier molecular flexibility index (Phi) is 3.28. The van der Waals surface area contributed by atoms with Gasteiger partial charge < -0.3 is 5.73 Å². The van der Waals surface area contributed by atoms with E-state index in [4.69, 9.17) is 5.73 Å². The zero-order valence-corrected chi connectivity index (χ0v) is 10.3. The van der Waals surface area contributed by atoms with Gasteiger partial charge in [-0.1, -0.05) is 27.7 Å². The van der Waals surface area contributed by atoms with Gasteiger partial charge in [0.15, 0.2) is 0 Å². The molecule has 2 nitrogen and oxygen atoms in total. The Morgan fingerprint density at radius 3 is 2.53 bits per heavy atom. The fourth-order valence-corrected chi connectivity index (χ4v) is 2.19. The van der Waals surface area contributed by atoms with Crippen molar-refractivity contribution in [3.05, 3.63) is 47.1 Å². The summed E-state index contributed by atoms with van der Waals surface area (Å²) in [6.45, 7) is 0. The van der Waals surface area contributed by atoms with Crippen molar-refractivity contribution in [1.29, 1.82) is 0 Å². The largest absolute Gasteiger partial charge is 0.399 e. The summed E-state index contributed by atoms with van der Waals surface area (Å²) in [6.07, 6.45) is 1.72. The molecule has 0 fully saturated rings. The van der Waals surface area contributed by atoms with Gasteiger partial charge in [0, 0.05) is 21.3 Å². The first-order chi connectivity index (χ1) is 7.24. The number of anilines is 1. The zero-order chi connectivity index (χ0) is 10.7. The van der Waals surface area contributed by atoms with E-state index in [1.54, 1.807) is 24.0 Å². The van der Waals surface area contributed by atoms with Gasteiger partial charge in [0.1, 0.15) is 5.03 Å². The van der Waals surface area contributed by atoms with Gasteiger partial charge in [-0.05, 0) is 36.4 Å². The molecule has 2 aromatic rings. The predicted molar refractivity (Wildman–Crippen MR) is 66.9 cm³/mol. The second-order valence-electron chi connectivity index (χ2n) is 2.98. The third kappa shape index (κ3) is 2.97. The Morgan fingerprint density at radius 1 is 1.13 bits per heavy atom. The van der Waals surface area contributed by atoms with Crippen LogP contribution in [0.4, 0.5) is 5.69 Å². The van der Waals surface area contributed by atoms with Crippen molar-refractivity contribution < 1.29 is 0 Å². The second kappa shape index (κ2) is 4.68. The molecule has 1 heterocycles. The van der Waals surface area contributed by atoms with Crippen molar-refractivity contribution in [1.82, 2.24) is 4.98 Å². The lowest BCUT2D eigenvalue weighted by atomic mass is 10.4. The molecule has 0 saturated heterocycles. The van der Waals surface area contributed by atoms with E-state index in [0.29, 0.717) is 0 Å². The molecule has 0 spiro atoms. The first-order valence-corrected chi connectivity index (χ1v) is 6.00. The Bertz CT molecular complexity index is 456. The SMILES string of the molecule is Nc1ccnc(Sc2ccc(Br)cc2)c1. The van der Waals surface area contributed by atoms with Crippen LogP contribution < -0.4 is 5.73 Å². The average molecular weight is 281 g/mol. The van der Waals surface area contributed by atoms with Crippen LogP contribution >= 0.6 is 27.7 Å². The van der Waals surface area contributed by atoms with Crippen molar-refractivity contribution in [3.8, 4) is 0 Å². The first kappa shape index (κ1) is 10.5. The van der Waals surface area contributed by atoms with Gasteiger partial charge >= 0.3 is 0 Å². The van der Waals surface area contributed by atoms with Crippen LogP contribution in [0.3, 0.4) is 0 Å². The molecule has 2 N–H and O–H groups in total. The van der Waals surface area contributed by atoms with Gasteiger partial charge in [-0.15, -0.1) is 0 Å². The predicted octanol–water partition coefficient (Wildman–Crippen LogP) is 3.58. The maximum absolute atomic E-state index is 5.68. The summed E-state index contributed by atoms with van der Waals surface area (Å²) in [4.78, 5) is 5.38. The molecule has 0 bridgehead atoms. The van der Waals surface area contributed by atoms with Gasteiger partial charge in [0.05, 0.1) is 0 Å². The third-order valence-corrected chi connectivity index (χ3v) is 3.26. The van der Waals surface area contributed by atoms with E-state index in [-0.39, 0.29) is 0 Å². The van der Waals surface area contributed by atoms with Crippen LogP contribution in [0.1, 0.15) is 0 Å². The lowest BCUT2D eigenvalue weighted by Gasteiger charge is -2.01. The molecular formula is C11H9BrN2S. The summed E-state index contributed by atoms with van der Waals surface area (Å²) in [7, 11) is 0. The molecule has 0 unspecified atom stereocenters. The van der Waals surface area contributed by atoms with Gasteiger partial charge in [0.2, 0.25) is 0 Å². The van der Waals surface area contributed by atoms with Gasteiger partial charge in [-0.2, -0.15) is 0 Å². The fraction of sp³-hybridized carbons (Fsp3) is 0. The Morgan fingerprint density at radius 2 is 1.87 bits per heavy atom. The number of nitrogens with two attached hydrogens (primary N) is 1. The third-order valence-electron chi connectivity index (χ3n) is 1.79. The lowest BCUT2D eigenvalue weighted by Crippen LogP contribution is -1.86. The standard InChI is InChI=1S/C11H9BrN2S/c12-8-1-3-10(4-2-8)15-11-7-9(13)5-6-14-11/h1-7H,(H2,13,14). The van der Waals surface area contributed by atoms with Crippen LogP contribution in [0.5, 0.6) is 0 Å². The van der Waals surface area contributed by atoms with Crippen LogP contribution in [-0.2, 0) is 0 Å². The monoisotopic (exact) mass is 280 g/mol. The molecule has 1 aromatic carbocycles. The van der Waals surface area contributed by atoms with Crippen LogP contribution in [0, 0.1) is 0 Å². The molecule has 15 heavy (non-hydrogen) atoms. The summed E-state index contributed by atoms with van der Waals surface area (Å²) in [5, 5.41) is 0.914. The minimum atomic E-state index is 0.740. The molecule has 0 aliphatic heterocycles. The maximum Gasteiger partial charge on any atom is 0.103 e. The molecule has 4 heteroatoms. The number of nitrogens with zero attached hydrogens (tertiary/aromatic N) is 1. The molecule has 2 rings (SSSR count). The van der Waals surface area contributed by atoms with E-state index in [9.17, 15) is 0 Å². The minimum absolute atomic E-state index is 0.740.